The molecule has 4 heterocycles. The maximum absolute atomic E-state index is 13.5. The van der Waals surface area contributed by atoms with Crippen LogP contribution in [0, 0.1) is 0 Å². The van der Waals surface area contributed by atoms with E-state index in [1.807, 2.05) is 72.8 Å². The number of aromatic nitrogens is 6. The van der Waals surface area contributed by atoms with Crippen molar-refractivity contribution in [2.24, 2.45) is 0 Å². The molecule has 2 aliphatic rings. The molecule has 454 valence electrons. The molecule has 6 atom stereocenters. The van der Waals surface area contributed by atoms with Crippen molar-refractivity contribution in [3.63, 3.8) is 0 Å². The van der Waals surface area contributed by atoms with Crippen LogP contribution in [0.5, 0.6) is 0 Å². The molecule has 0 unspecified atom stereocenters. The molecule has 0 spiro atoms. The van der Waals surface area contributed by atoms with Gasteiger partial charge in [0.25, 0.3) is 0 Å². The van der Waals surface area contributed by atoms with E-state index < -0.39 is 92.7 Å². The number of rotatable bonds is 17. The molecule has 26 heteroatoms. The van der Waals surface area contributed by atoms with Gasteiger partial charge in [-0.25, -0.2) is 19.8 Å². The molecule has 2 saturated heterocycles. The van der Waals surface area contributed by atoms with Gasteiger partial charge in [0.15, 0.2) is 0 Å². The van der Waals surface area contributed by atoms with Crippen LogP contribution in [0.3, 0.4) is 0 Å². The number of aliphatic hydroxyl groups excluding tert-OH is 1. The van der Waals surface area contributed by atoms with Crippen LogP contribution in [-0.2, 0) is 67.7 Å². The number of aromatic amines is 2. The minimum absolute atomic E-state index is 0. The summed E-state index contributed by atoms with van der Waals surface area (Å²) in [6.07, 6.45) is -17.9. The Kier molecular flexibility index (Phi) is 19.7. The third-order valence-corrected chi connectivity index (χ3v) is 15.4. The Balaban J connectivity index is 0.000000242. The molecule has 0 aliphatic carbocycles. The van der Waals surface area contributed by atoms with E-state index in [0.29, 0.717) is 56.6 Å². The number of halogens is 12. The van der Waals surface area contributed by atoms with Gasteiger partial charge in [-0.05, 0) is 104 Å². The first-order valence-corrected chi connectivity index (χ1v) is 26.0. The molecule has 5 aromatic carbocycles. The highest BCUT2D eigenvalue weighted by Gasteiger charge is 2.48. The highest BCUT2D eigenvalue weighted by atomic mass is 19.4. The molecule has 5 N–H and O–H groups in total. The van der Waals surface area contributed by atoms with Crippen LogP contribution in [0.2, 0.25) is 0 Å². The van der Waals surface area contributed by atoms with Crippen molar-refractivity contribution in [3.8, 4) is 0 Å². The lowest BCUT2D eigenvalue weighted by molar-refractivity contribution is -0.145. The molecule has 0 saturated carbocycles. The Morgan fingerprint density at radius 1 is 0.524 bits per heavy atom. The van der Waals surface area contributed by atoms with E-state index in [-0.39, 0.29) is 70.2 Å². The van der Waals surface area contributed by atoms with E-state index >= 15 is 0 Å². The van der Waals surface area contributed by atoms with Gasteiger partial charge in [0.2, 0.25) is 0 Å². The predicted octanol–water partition coefficient (Wildman–Crippen LogP) is 11.6. The monoisotopic (exact) mass is 1190 g/mol. The van der Waals surface area contributed by atoms with Crippen molar-refractivity contribution in [2.45, 2.75) is 113 Å². The van der Waals surface area contributed by atoms with Gasteiger partial charge in [-0.2, -0.15) is 62.9 Å². The smallest absolute Gasteiger partial charge is 0.394 e. The fourth-order valence-electron chi connectivity index (χ4n) is 10.4. The second-order valence-corrected chi connectivity index (χ2v) is 20.8. The highest BCUT2D eigenvalue weighted by molar-refractivity contribution is 5.37. The van der Waals surface area contributed by atoms with Crippen LogP contribution in [0.4, 0.5) is 52.7 Å². The standard InChI is InChI=1S/C32H32F6N4O3.C25H26F6N4O3.CH4/c1-22(24-14-26(31(33,34)35)16-27(15-24)32(36,37)38)45-20-30(25-10-6-3-7-11-25)13-12-29(18-39-30,42-21-40-41-28(42)43)19-44-17-23-8-4-2-5-9-23;1-16(17-9-19(24(26,27)28)11-20(10-17)25(29,30)31)38-14-23(18-5-3-2-4-6-18)8-7-22(13-36,12-32-23)35-15-33-34-21(35)37;/h2-11,14-16,21-22,39H,12-13,17-20H2,1H3,(H,41,43);2-6,9-11,15-16,32,36H,7-8,12-14H2,1H3,(H,34,37);1H4/t22-,29+,30-;16-,22+,23-;/m11./s1. The molecule has 2 aromatic heterocycles. The molecule has 2 aliphatic heterocycles. The fraction of sp³-hybridized carbons (Fsp3) is 0.414. The molecule has 7 aromatic rings. The molecule has 0 bridgehead atoms. The molecular weight excluding hydrogens is 1130 g/mol. The van der Waals surface area contributed by atoms with Crippen LogP contribution < -0.4 is 22.0 Å². The lowest BCUT2D eigenvalue weighted by Crippen LogP contribution is -2.61. The fourth-order valence-corrected chi connectivity index (χ4v) is 10.4. The number of nitrogens with zero attached hydrogens (tertiary/aromatic N) is 4. The van der Waals surface area contributed by atoms with Crippen LogP contribution in [-0.4, -0.2) is 74.2 Å². The van der Waals surface area contributed by atoms with Gasteiger partial charge in [-0.3, -0.25) is 9.13 Å². The Labute approximate surface area is 474 Å². The molecule has 2 fully saturated rings. The van der Waals surface area contributed by atoms with E-state index in [4.69, 9.17) is 14.2 Å². The third kappa shape index (κ3) is 14.7. The van der Waals surface area contributed by atoms with E-state index in [0.717, 1.165) is 16.7 Å². The average Bonchev–Trinajstić information content (AvgIpc) is 1.76. The lowest BCUT2D eigenvalue weighted by atomic mass is 9.76. The summed E-state index contributed by atoms with van der Waals surface area (Å²) in [5.74, 6) is 0. The Hall–Kier alpha value is -7.10. The first-order valence-electron chi connectivity index (χ1n) is 26.0. The maximum atomic E-state index is 13.5. The molecular formula is C58H62F12N8O6. The van der Waals surface area contributed by atoms with Gasteiger partial charge in [-0.1, -0.05) is 98.4 Å². The summed E-state index contributed by atoms with van der Waals surface area (Å²) in [6, 6.07) is 30.7. The van der Waals surface area contributed by atoms with Crippen molar-refractivity contribution >= 4 is 0 Å². The first-order chi connectivity index (χ1) is 39.1. The summed E-state index contributed by atoms with van der Waals surface area (Å²) in [7, 11) is 0. The summed E-state index contributed by atoms with van der Waals surface area (Å²) >= 11 is 0. The zero-order valence-corrected chi connectivity index (χ0v) is 44.5. The van der Waals surface area contributed by atoms with Crippen molar-refractivity contribution in [1.29, 1.82) is 0 Å². The van der Waals surface area contributed by atoms with E-state index in [9.17, 15) is 67.4 Å². The largest absolute Gasteiger partial charge is 0.416 e. The maximum Gasteiger partial charge on any atom is 0.416 e. The van der Waals surface area contributed by atoms with Gasteiger partial charge in [0, 0.05) is 13.1 Å². The third-order valence-electron chi connectivity index (χ3n) is 15.4. The Bertz CT molecular complexity index is 3280. The Morgan fingerprint density at radius 2 is 0.881 bits per heavy atom. The van der Waals surface area contributed by atoms with Gasteiger partial charge < -0.3 is 30.0 Å². The zero-order chi connectivity index (χ0) is 60.1. The van der Waals surface area contributed by atoms with Crippen molar-refractivity contribution < 1.29 is 72.0 Å². The van der Waals surface area contributed by atoms with Crippen molar-refractivity contribution in [1.82, 2.24) is 40.2 Å². The predicted molar refractivity (Wildman–Crippen MR) is 284 cm³/mol. The summed E-state index contributed by atoms with van der Waals surface area (Å²) in [5, 5.41) is 29.4. The van der Waals surface area contributed by atoms with Gasteiger partial charge in [-0.15, -0.1) is 0 Å². The number of piperidine rings is 2. The quantitative estimate of drug-likeness (QED) is 0.0552. The second-order valence-electron chi connectivity index (χ2n) is 20.8. The Morgan fingerprint density at radius 3 is 1.20 bits per heavy atom. The van der Waals surface area contributed by atoms with Gasteiger partial charge in [0.1, 0.15) is 12.7 Å². The summed E-state index contributed by atoms with van der Waals surface area (Å²) < 4.78 is 182. The summed E-state index contributed by atoms with van der Waals surface area (Å²) in [5.41, 5.74) is -8.11. The normalized spacial score (nSPS) is 22.1. The molecule has 9 rings (SSSR count). The first kappa shape index (κ1) is 64.5. The number of hydrogen-bond donors (Lipinski definition) is 5. The minimum atomic E-state index is -4.97. The molecule has 84 heavy (non-hydrogen) atoms. The lowest BCUT2D eigenvalue weighted by Gasteiger charge is -2.47. The van der Waals surface area contributed by atoms with Crippen LogP contribution in [0.25, 0.3) is 0 Å². The minimum Gasteiger partial charge on any atom is -0.394 e. The average molecular weight is 1200 g/mol. The number of nitrogens with one attached hydrogen (secondary N) is 4. The second kappa shape index (κ2) is 25.6. The highest BCUT2D eigenvalue weighted by Crippen LogP contribution is 2.43. The van der Waals surface area contributed by atoms with Gasteiger partial charge >= 0.3 is 36.1 Å². The van der Waals surface area contributed by atoms with Crippen LogP contribution in [0.1, 0.15) is 109 Å². The topological polar surface area (TPSA) is 173 Å². The number of hydrogen-bond acceptors (Lipinski definition) is 10. The number of benzene rings is 5. The van der Waals surface area contributed by atoms with E-state index in [2.05, 4.69) is 31.0 Å². The number of alkyl halides is 12. The molecule has 0 radical (unpaired) electrons. The van der Waals surface area contributed by atoms with Crippen LogP contribution >= 0.6 is 0 Å². The molecule has 14 nitrogen and oxygen atoms in total. The molecule has 0 amide bonds. The zero-order valence-electron chi connectivity index (χ0n) is 44.5. The number of H-pyrrole nitrogens is 2. The summed E-state index contributed by atoms with van der Waals surface area (Å²) in [4.78, 5) is 24.9. The SMILES string of the molecule is C.C[C@@H](OC[C@@]1(c2ccccc2)CC[C@](CO)(n2cn[nH]c2=O)CN1)c1cc(C(F)(F)F)cc(C(F)(F)F)c1.C[C@@H](OC[C@@]1(c2ccccc2)CC[C@](COCc2ccccc2)(n2cn[nH]c2=O)CN1)c1cc(C(F)(F)F)cc(C(F)(F)F)c1. The number of aliphatic hydroxyl groups is 1. The van der Waals surface area contributed by atoms with E-state index in [1.54, 1.807) is 18.2 Å². The van der Waals surface area contributed by atoms with Gasteiger partial charge in [0.05, 0.1) is 89.7 Å². The number of ether oxygens (including phenoxy) is 3. The van der Waals surface area contributed by atoms with E-state index in [1.165, 1.54) is 35.6 Å². The van der Waals surface area contributed by atoms with Crippen molar-refractivity contribution in [2.75, 3.05) is 39.5 Å². The summed E-state index contributed by atoms with van der Waals surface area (Å²) in [6.45, 7) is 3.11. The van der Waals surface area contributed by atoms with Crippen LogP contribution in [0.15, 0.2) is 150 Å². The van der Waals surface area contributed by atoms with Crippen molar-refractivity contribution in [3.05, 3.63) is 211 Å².